The molecule has 3 heteroatoms. The summed E-state index contributed by atoms with van der Waals surface area (Å²) in [6.07, 6.45) is 0.883. The topological polar surface area (TPSA) is 35.8 Å². The fourth-order valence-electron chi connectivity index (χ4n) is 1.95. The quantitative estimate of drug-likeness (QED) is 0.903. The molecule has 0 aliphatic carbocycles. The molecule has 0 amide bonds. The largest absolute Gasteiger partial charge is 0.385 e. The Morgan fingerprint density at radius 1 is 1.21 bits per heavy atom. The number of nitriles is 1. The van der Waals surface area contributed by atoms with Gasteiger partial charge in [0.1, 0.15) is 11.9 Å². The molecule has 0 saturated carbocycles. The number of halogens is 1. The number of rotatable bonds is 4. The van der Waals surface area contributed by atoms with Crippen molar-refractivity contribution in [3.63, 3.8) is 0 Å². The van der Waals surface area contributed by atoms with E-state index in [1.54, 1.807) is 6.07 Å². The Kier molecular flexibility index (Phi) is 4.15. The number of nitrogens with zero attached hydrogens (tertiary/aromatic N) is 1. The summed E-state index contributed by atoms with van der Waals surface area (Å²) in [6.45, 7) is 2.81. The molecular weight excluding hydrogens is 239 g/mol. The van der Waals surface area contributed by atoms with Crippen molar-refractivity contribution < 1.29 is 4.39 Å². The third-order valence-electron chi connectivity index (χ3n) is 3.07. The average Bonchev–Trinajstić information content (AvgIpc) is 2.41. The molecule has 0 spiro atoms. The van der Waals surface area contributed by atoms with Crippen molar-refractivity contribution in [2.45, 2.75) is 13.3 Å². The number of anilines is 1. The lowest BCUT2D eigenvalue weighted by molar-refractivity contribution is 0.624. The number of hydrogen-bond acceptors (Lipinski definition) is 2. The second kappa shape index (κ2) is 6.01. The number of hydrogen-bond donors (Lipinski definition) is 1. The second-order valence-corrected chi connectivity index (χ2v) is 4.41. The van der Waals surface area contributed by atoms with Crippen LogP contribution in [0.4, 0.5) is 10.1 Å². The standard InChI is InChI=1S/C16H15FN2/c1-12-4-2-3-5-13(12)8-9-19-15-7-6-14(11-18)16(17)10-15/h2-7,10,19H,8-9H2,1H3. The molecule has 0 aliphatic rings. The van der Waals surface area contributed by atoms with Crippen molar-refractivity contribution >= 4 is 5.69 Å². The molecule has 0 bridgehead atoms. The molecule has 0 saturated heterocycles. The third-order valence-corrected chi connectivity index (χ3v) is 3.07. The van der Waals surface area contributed by atoms with Gasteiger partial charge in [0.2, 0.25) is 0 Å². The molecule has 0 aromatic heterocycles. The highest BCUT2D eigenvalue weighted by Gasteiger charge is 2.02. The van der Waals surface area contributed by atoms with Gasteiger partial charge >= 0.3 is 0 Å². The molecule has 2 aromatic carbocycles. The smallest absolute Gasteiger partial charge is 0.143 e. The van der Waals surface area contributed by atoms with Crippen LogP contribution in [0.15, 0.2) is 42.5 Å². The second-order valence-electron chi connectivity index (χ2n) is 4.41. The van der Waals surface area contributed by atoms with Gasteiger partial charge in [-0.05, 0) is 42.7 Å². The maximum atomic E-state index is 13.4. The molecule has 0 unspecified atom stereocenters. The molecule has 0 radical (unpaired) electrons. The Bertz CT molecular complexity index is 614. The van der Waals surface area contributed by atoms with Gasteiger partial charge in [0.15, 0.2) is 0 Å². The van der Waals surface area contributed by atoms with Gasteiger partial charge in [-0.2, -0.15) is 5.26 Å². The zero-order valence-electron chi connectivity index (χ0n) is 10.8. The number of aryl methyl sites for hydroxylation is 1. The summed E-state index contributed by atoms with van der Waals surface area (Å²) in [4.78, 5) is 0. The van der Waals surface area contributed by atoms with Gasteiger partial charge in [-0.1, -0.05) is 24.3 Å². The van der Waals surface area contributed by atoms with Gasteiger partial charge in [-0.3, -0.25) is 0 Å². The van der Waals surface area contributed by atoms with E-state index in [0.717, 1.165) is 13.0 Å². The summed E-state index contributed by atoms with van der Waals surface area (Å²) in [6, 6.07) is 14.6. The van der Waals surface area contributed by atoms with Crippen molar-refractivity contribution in [3.05, 3.63) is 65.0 Å². The fraction of sp³-hybridized carbons (Fsp3) is 0.188. The summed E-state index contributed by atoms with van der Waals surface area (Å²) < 4.78 is 13.4. The molecule has 0 fully saturated rings. The predicted octanol–water partition coefficient (Wildman–Crippen LogP) is 3.66. The van der Waals surface area contributed by atoms with Crippen molar-refractivity contribution in [2.75, 3.05) is 11.9 Å². The van der Waals surface area contributed by atoms with Gasteiger partial charge in [0.05, 0.1) is 5.56 Å². The van der Waals surface area contributed by atoms with Crippen molar-refractivity contribution in [3.8, 4) is 6.07 Å². The number of benzene rings is 2. The van der Waals surface area contributed by atoms with E-state index in [9.17, 15) is 4.39 Å². The maximum Gasteiger partial charge on any atom is 0.143 e. The molecular formula is C16H15FN2. The first-order valence-electron chi connectivity index (χ1n) is 6.19. The van der Waals surface area contributed by atoms with Crippen LogP contribution in [0.5, 0.6) is 0 Å². The highest BCUT2D eigenvalue weighted by Crippen LogP contribution is 2.14. The summed E-state index contributed by atoms with van der Waals surface area (Å²) >= 11 is 0. The van der Waals surface area contributed by atoms with Crippen LogP contribution < -0.4 is 5.32 Å². The van der Waals surface area contributed by atoms with Gasteiger partial charge in [0.25, 0.3) is 0 Å². The molecule has 2 rings (SSSR count). The first-order chi connectivity index (χ1) is 9.20. The van der Waals surface area contributed by atoms with Gasteiger partial charge in [-0.25, -0.2) is 4.39 Å². The van der Waals surface area contributed by atoms with Crippen LogP contribution in [0, 0.1) is 24.1 Å². The van der Waals surface area contributed by atoms with E-state index in [4.69, 9.17) is 5.26 Å². The van der Waals surface area contributed by atoms with Crippen LogP contribution in [0.3, 0.4) is 0 Å². The van der Waals surface area contributed by atoms with E-state index >= 15 is 0 Å². The summed E-state index contributed by atoms with van der Waals surface area (Å²) in [5.74, 6) is -0.483. The molecule has 2 nitrogen and oxygen atoms in total. The van der Waals surface area contributed by atoms with Crippen LogP contribution >= 0.6 is 0 Å². The lowest BCUT2D eigenvalue weighted by Gasteiger charge is -2.08. The Morgan fingerprint density at radius 3 is 2.68 bits per heavy atom. The summed E-state index contributed by atoms with van der Waals surface area (Å²) in [7, 11) is 0. The van der Waals surface area contributed by atoms with Gasteiger partial charge in [-0.15, -0.1) is 0 Å². The van der Waals surface area contributed by atoms with Crippen molar-refractivity contribution in [1.82, 2.24) is 0 Å². The number of nitrogens with one attached hydrogen (secondary N) is 1. The SMILES string of the molecule is Cc1ccccc1CCNc1ccc(C#N)c(F)c1. The maximum absolute atomic E-state index is 13.4. The van der Waals surface area contributed by atoms with Crippen LogP contribution in [0.2, 0.25) is 0 Å². The zero-order valence-corrected chi connectivity index (χ0v) is 10.8. The molecule has 96 valence electrons. The minimum atomic E-state index is -0.483. The van der Waals surface area contributed by atoms with E-state index in [1.165, 1.54) is 23.3 Å². The first kappa shape index (κ1) is 13.1. The van der Waals surface area contributed by atoms with Gasteiger partial charge < -0.3 is 5.32 Å². The third kappa shape index (κ3) is 3.32. The minimum Gasteiger partial charge on any atom is -0.385 e. The lowest BCUT2D eigenvalue weighted by atomic mass is 10.1. The Hall–Kier alpha value is -2.34. The Morgan fingerprint density at radius 2 is 2.00 bits per heavy atom. The van der Waals surface area contributed by atoms with E-state index < -0.39 is 5.82 Å². The van der Waals surface area contributed by atoms with Crippen LogP contribution in [0.25, 0.3) is 0 Å². The monoisotopic (exact) mass is 254 g/mol. The van der Waals surface area contributed by atoms with E-state index in [1.807, 2.05) is 18.2 Å². The van der Waals surface area contributed by atoms with E-state index in [0.29, 0.717) is 5.69 Å². The minimum absolute atomic E-state index is 0.0736. The summed E-state index contributed by atoms with van der Waals surface area (Å²) in [5.41, 5.74) is 3.31. The molecule has 1 N–H and O–H groups in total. The van der Waals surface area contributed by atoms with Crippen molar-refractivity contribution in [2.24, 2.45) is 0 Å². The van der Waals surface area contributed by atoms with E-state index in [-0.39, 0.29) is 5.56 Å². The highest BCUT2D eigenvalue weighted by molar-refractivity contribution is 5.48. The van der Waals surface area contributed by atoms with E-state index in [2.05, 4.69) is 24.4 Å². The van der Waals surface area contributed by atoms with Crippen molar-refractivity contribution in [1.29, 1.82) is 5.26 Å². The zero-order chi connectivity index (χ0) is 13.7. The Labute approximate surface area is 112 Å². The molecule has 2 aromatic rings. The first-order valence-corrected chi connectivity index (χ1v) is 6.19. The van der Waals surface area contributed by atoms with Gasteiger partial charge in [0, 0.05) is 12.2 Å². The molecule has 0 atom stereocenters. The normalized spacial score (nSPS) is 9.95. The highest BCUT2D eigenvalue weighted by atomic mass is 19.1. The molecule has 0 aliphatic heterocycles. The van der Waals surface area contributed by atoms with Crippen LogP contribution in [0.1, 0.15) is 16.7 Å². The summed E-state index contributed by atoms with van der Waals surface area (Å²) in [5, 5.41) is 11.8. The Balaban J connectivity index is 1.95. The average molecular weight is 254 g/mol. The lowest BCUT2D eigenvalue weighted by Crippen LogP contribution is -2.06. The van der Waals surface area contributed by atoms with Crippen LogP contribution in [-0.2, 0) is 6.42 Å². The molecule has 0 heterocycles. The fourth-order valence-corrected chi connectivity index (χ4v) is 1.95. The predicted molar refractivity (Wildman–Crippen MR) is 74.5 cm³/mol. The van der Waals surface area contributed by atoms with Crippen LogP contribution in [-0.4, -0.2) is 6.54 Å². The molecule has 19 heavy (non-hydrogen) atoms.